The van der Waals surface area contributed by atoms with Crippen molar-refractivity contribution in [1.29, 1.82) is 0 Å². The van der Waals surface area contributed by atoms with Crippen molar-refractivity contribution in [2.75, 3.05) is 7.05 Å². The van der Waals surface area contributed by atoms with Crippen LogP contribution < -0.4 is 11.1 Å². The Labute approximate surface area is 105 Å². The Morgan fingerprint density at radius 2 is 2.12 bits per heavy atom. The first-order valence-corrected chi connectivity index (χ1v) is 6.21. The van der Waals surface area contributed by atoms with Crippen LogP contribution in [0.2, 0.25) is 0 Å². The van der Waals surface area contributed by atoms with Crippen LogP contribution in [0.25, 0.3) is 0 Å². The highest BCUT2D eigenvalue weighted by atomic mass is 79.9. The largest absolute Gasteiger partial charge is 0.328 e. The van der Waals surface area contributed by atoms with Gasteiger partial charge in [-0.05, 0) is 45.0 Å². The fraction of sp³-hybridized carbons (Fsp3) is 0.500. The second-order valence-electron chi connectivity index (χ2n) is 4.06. The summed E-state index contributed by atoms with van der Waals surface area (Å²) in [5.74, 6) is -0.174. The molecule has 90 valence electrons. The molecule has 16 heavy (non-hydrogen) atoms. The third kappa shape index (κ3) is 3.85. The summed E-state index contributed by atoms with van der Waals surface area (Å²) in [6.45, 7) is 1.96. The van der Waals surface area contributed by atoms with E-state index < -0.39 is 0 Å². The summed E-state index contributed by atoms with van der Waals surface area (Å²) < 4.78 is 14.5. The van der Waals surface area contributed by atoms with Crippen molar-refractivity contribution in [1.82, 2.24) is 5.32 Å². The minimum Gasteiger partial charge on any atom is -0.328 e. The Kier molecular flexibility index (Phi) is 5.38. The van der Waals surface area contributed by atoms with Crippen molar-refractivity contribution in [3.63, 3.8) is 0 Å². The molecule has 1 rings (SSSR count). The molecule has 1 aromatic carbocycles. The molecule has 0 radical (unpaired) electrons. The predicted molar refractivity (Wildman–Crippen MR) is 68.8 cm³/mol. The summed E-state index contributed by atoms with van der Waals surface area (Å²) >= 11 is 3.35. The molecule has 2 unspecified atom stereocenters. The van der Waals surface area contributed by atoms with Crippen LogP contribution in [0.1, 0.15) is 31.4 Å². The van der Waals surface area contributed by atoms with E-state index in [-0.39, 0.29) is 17.9 Å². The zero-order valence-electron chi connectivity index (χ0n) is 9.63. The molecule has 0 fully saturated rings. The Morgan fingerprint density at radius 1 is 1.44 bits per heavy atom. The van der Waals surface area contributed by atoms with E-state index in [0.29, 0.717) is 5.56 Å². The Balaban J connectivity index is 2.81. The minimum atomic E-state index is -0.174. The van der Waals surface area contributed by atoms with Crippen molar-refractivity contribution >= 4 is 15.9 Å². The molecule has 0 bridgehead atoms. The average molecular weight is 289 g/mol. The van der Waals surface area contributed by atoms with Gasteiger partial charge in [0.15, 0.2) is 0 Å². The molecule has 0 aromatic heterocycles. The molecule has 1 aromatic rings. The molecule has 2 nitrogen and oxygen atoms in total. The first-order valence-electron chi connectivity index (χ1n) is 5.42. The average Bonchev–Trinajstić information content (AvgIpc) is 2.23. The number of halogens is 2. The molecular formula is C12H18BrFN2. The topological polar surface area (TPSA) is 38.0 Å². The van der Waals surface area contributed by atoms with E-state index in [4.69, 9.17) is 5.73 Å². The summed E-state index contributed by atoms with van der Waals surface area (Å²) in [7, 11) is 1.84. The SMILES string of the molecule is CNC(CCC(C)N)c1cc(Br)ccc1F. The van der Waals surface area contributed by atoms with E-state index >= 15 is 0 Å². The lowest BCUT2D eigenvalue weighted by molar-refractivity contribution is 0.473. The molecular weight excluding hydrogens is 271 g/mol. The van der Waals surface area contributed by atoms with Crippen molar-refractivity contribution in [2.24, 2.45) is 5.73 Å². The van der Waals surface area contributed by atoms with Gasteiger partial charge in [-0.3, -0.25) is 0 Å². The lowest BCUT2D eigenvalue weighted by Gasteiger charge is -2.18. The van der Waals surface area contributed by atoms with Crippen LogP contribution in [0, 0.1) is 5.82 Å². The molecule has 0 amide bonds. The number of nitrogens with one attached hydrogen (secondary N) is 1. The Hall–Kier alpha value is -0.450. The molecule has 0 saturated heterocycles. The van der Waals surface area contributed by atoms with Gasteiger partial charge < -0.3 is 11.1 Å². The minimum absolute atomic E-state index is 0.0171. The van der Waals surface area contributed by atoms with Crippen LogP contribution in [0.4, 0.5) is 4.39 Å². The molecule has 4 heteroatoms. The van der Waals surface area contributed by atoms with Gasteiger partial charge in [-0.2, -0.15) is 0 Å². The Morgan fingerprint density at radius 3 is 2.69 bits per heavy atom. The third-order valence-electron chi connectivity index (χ3n) is 2.59. The number of benzene rings is 1. The first-order chi connectivity index (χ1) is 7.54. The van der Waals surface area contributed by atoms with Crippen molar-refractivity contribution in [2.45, 2.75) is 31.8 Å². The molecule has 3 N–H and O–H groups in total. The zero-order valence-corrected chi connectivity index (χ0v) is 11.2. The second-order valence-corrected chi connectivity index (χ2v) is 4.98. The van der Waals surface area contributed by atoms with Gasteiger partial charge in [-0.15, -0.1) is 0 Å². The predicted octanol–water partition coefficient (Wildman–Crippen LogP) is 2.98. The first kappa shape index (κ1) is 13.6. The van der Waals surface area contributed by atoms with Gasteiger partial charge in [0.2, 0.25) is 0 Å². The van der Waals surface area contributed by atoms with Gasteiger partial charge in [-0.25, -0.2) is 4.39 Å². The normalized spacial score (nSPS) is 14.8. The highest BCUT2D eigenvalue weighted by Gasteiger charge is 2.14. The fourth-order valence-corrected chi connectivity index (χ4v) is 2.05. The van der Waals surface area contributed by atoms with Gasteiger partial charge in [0.1, 0.15) is 5.82 Å². The van der Waals surface area contributed by atoms with Crippen LogP contribution in [-0.2, 0) is 0 Å². The van der Waals surface area contributed by atoms with E-state index in [1.807, 2.05) is 20.0 Å². The highest BCUT2D eigenvalue weighted by molar-refractivity contribution is 9.10. The summed E-state index contributed by atoms with van der Waals surface area (Å²) in [5.41, 5.74) is 6.40. The number of hydrogen-bond donors (Lipinski definition) is 2. The van der Waals surface area contributed by atoms with Gasteiger partial charge in [-0.1, -0.05) is 15.9 Å². The number of hydrogen-bond acceptors (Lipinski definition) is 2. The summed E-state index contributed by atoms with van der Waals surface area (Å²) in [5, 5.41) is 3.13. The maximum Gasteiger partial charge on any atom is 0.128 e. The van der Waals surface area contributed by atoms with Crippen LogP contribution in [0.3, 0.4) is 0 Å². The van der Waals surface area contributed by atoms with E-state index in [9.17, 15) is 4.39 Å². The zero-order chi connectivity index (χ0) is 12.1. The van der Waals surface area contributed by atoms with E-state index in [1.165, 1.54) is 6.07 Å². The van der Waals surface area contributed by atoms with Gasteiger partial charge >= 0.3 is 0 Å². The summed E-state index contributed by atoms with van der Waals surface area (Å²) in [6, 6.07) is 5.17. The quantitative estimate of drug-likeness (QED) is 0.874. The van der Waals surface area contributed by atoms with E-state index in [2.05, 4.69) is 21.2 Å². The van der Waals surface area contributed by atoms with Gasteiger partial charge in [0, 0.05) is 22.1 Å². The maximum absolute atomic E-state index is 13.6. The van der Waals surface area contributed by atoms with Crippen molar-refractivity contribution in [3.8, 4) is 0 Å². The molecule has 0 heterocycles. The molecule has 2 atom stereocenters. The molecule has 0 aliphatic carbocycles. The molecule has 0 aliphatic heterocycles. The lowest BCUT2D eigenvalue weighted by atomic mass is 10.00. The fourth-order valence-electron chi connectivity index (χ4n) is 1.67. The molecule has 0 aliphatic rings. The Bertz CT molecular complexity index is 342. The molecule has 0 saturated carbocycles. The monoisotopic (exact) mass is 288 g/mol. The van der Waals surface area contributed by atoms with E-state index in [1.54, 1.807) is 6.07 Å². The second kappa shape index (κ2) is 6.33. The number of rotatable bonds is 5. The summed E-state index contributed by atoms with van der Waals surface area (Å²) in [6.07, 6.45) is 1.71. The number of nitrogens with two attached hydrogens (primary N) is 1. The van der Waals surface area contributed by atoms with Crippen molar-refractivity contribution < 1.29 is 4.39 Å². The summed E-state index contributed by atoms with van der Waals surface area (Å²) in [4.78, 5) is 0. The van der Waals surface area contributed by atoms with Crippen molar-refractivity contribution in [3.05, 3.63) is 34.1 Å². The third-order valence-corrected chi connectivity index (χ3v) is 3.09. The van der Waals surface area contributed by atoms with Crippen LogP contribution in [0.5, 0.6) is 0 Å². The van der Waals surface area contributed by atoms with Crippen LogP contribution in [0.15, 0.2) is 22.7 Å². The maximum atomic E-state index is 13.6. The lowest BCUT2D eigenvalue weighted by Crippen LogP contribution is -2.22. The van der Waals surface area contributed by atoms with Gasteiger partial charge in [0.25, 0.3) is 0 Å². The van der Waals surface area contributed by atoms with Gasteiger partial charge in [0.05, 0.1) is 0 Å². The smallest absolute Gasteiger partial charge is 0.128 e. The highest BCUT2D eigenvalue weighted by Crippen LogP contribution is 2.25. The standard InChI is InChI=1S/C12H18BrFN2/c1-8(15)3-6-12(16-2)10-7-9(13)4-5-11(10)14/h4-5,7-8,12,16H,3,6,15H2,1-2H3. The van der Waals surface area contributed by atoms with Crippen LogP contribution >= 0.6 is 15.9 Å². The molecule has 0 spiro atoms. The van der Waals surface area contributed by atoms with E-state index in [0.717, 1.165) is 17.3 Å². The van der Waals surface area contributed by atoms with Crippen LogP contribution in [-0.4, -0.2) is 13.1 Å².